The predicted octanol–water partition coefficient (Wildman–Crippen LogP) is 3.57. The quantitative estimate of drug-likeness (QED) is 0.793. The zero-order valence-electron chi connectivity index (χ0n) is 16.7. The predicted molar refractivity (Wildman–Crippen MR) is 111 cm³/mol. The number of fused-ring (bicyclic) bond motifs is 1. The lowest BCUT2D eigenvalue weighted by Crippen LogP contribution is -2.40. The summed E-state index contributed by atoms with van der Waals surface area (Å²) in [5.74, 6) is 0.986. The van der Waals surface area contributed by atoms with Crippen LogP contribution in [0.25, 0.3) is 10.8 Å². The maximum atomic E-state index is 12.7. The number of likely N-dealkylation sites (tertiary alicyclic amines) is 1. The Hall–Kier alpha value is -2.11. The van der Waals surface area contributed by atoms with E-state index in [0.717, 1.165) is 35.1 Å². The van der Waals surface area contributed by atoms with Crippen molar-refractivity contribution in [1.29, 1.82) is 0 Å². The monoisotopic (exact) mass is 382 g/mol. The first-order chi connectivity index (χ1) is 13.7. The standard InChI is InChI=1S/C23H30N2O3/c1-24-10-3-2-4-21(24)9-13-28-22-8-7-18-16-20(6-5-19(18)17-22)23(26)25-11-14-27-15-12-25/h5-8,16-17,21H,2-4,9-15H2,1H3. The van der Waals surface area contributed by atoms with Gasteiger partial charge < -0.3 is 19.3 Å². The van der Waals surface area contributed by atoms with Crippen molar-refractivity contribution >= 4 is 16.7 Å². The highest BCUT2D eigenvalue weighted by molar-refractivity contribution is 5.98. The molecule has 2 aromatic rings. The molecule has 2 saturated heterocycles. The van der Waals surface area contributed by atoms with Gasteiger partial charge in [-0.25, -0.2) is 0 Å². The van der Waals surface area contributed by atoms with Crippen LogP contribution in [0.3, 0.4) is 0 Å². The van der Waals surface area contributed by atoms with Gasteiger partial charge in [0.1, 0.15) is 5.75 Å². The third-order valence-electron chi connectivity index (χ3n) is 6.00. The molecule has 0 spiro atoms. The number of amides is 1. The number of morpholine rings is 1. The molecule has 0 bridgehead atoms. The number of nitrogens with zero attached hydrogens (tertiary/aromatic N) is 2. The first-order valence-electron chi connectivity index (χ1n) is 10.4. The van der Waals surface area contributed by atoms with Crippen LogP contribution in [0.2, 0.25) is 0 Å². The van der Waals surface area contributed by atoms with E-state index >= 15 is 0 Å². The molecule has 0 N–H and O–H groups in total. The minimum atomic E-state index is 0.0853. The van der Waals surface area contributed by atoms with Crippen LogP contribution >= 0.6 is 0 Å². The minimum absolute atomic E-state index is 0.0853. The van der Waals surface area contributed by atoms with Crippen LogP contribution in [-0.2, 0) is 4.74 Å². The van der Waals surface area contributed by atoms with Gasteiger partial charge in [0.15, 0.2) is 0 Å². The number of carbonyl (C=O) groups is 1. The van der Waals surface area contributed by atoms with Gasteiger partial charge >= 0.3 is 0 Å². The molecule has 1 atom stereocenters. The van der Waals surface area contributed by atoms with E-state index in [1.807, 2.05) is 35.2 Å². The van der Waals surface area contributed by atoms with Gasteiger partial charge in [-0.1, -0.05) is 18.6 Å². The van der Waals surface area contributed by atoms with Gasteiger partial charge in [0, 0.05) is 24.7 Å². The second-order valence-corrected chi connectivity index (χ2v) is 7.90. The maximum absolute atomic E-state index is 12.7. The maximum Gasteiger partial charge on any atom is 0.254 e. The SMILES string of the molecule is CN1CCCCC1CCOc1ccc2cc(C(=O)N3CCOCC3)ccc2c1. The Kier molecular flexibility index (Phi) is 6.13. The zero-order chi connectivity index (χ0) is 19.3. The van der Waals surface area contributed by atoms with Crippen LogP contribution in [0.15, 0.2) is 36.4 Å². The molecule has 5 nitrogen and oxygen atoms in total. The Labute approximate surface area is 167 Å². The third kappa shape index (κ3) is 4.47. The van der Waals surface area contributed by atoms with Crippen molar-refractivity contribution in [2.24, 2.45) is 0 Å². The van der Waals surface area contributed by atoms with Crippen molar-refractivity contribution < 1.29 is 14.3 Å². The Morgan fingerprint density at radius 3 is 2.68 bits per heavy atom. The molecule has 4 rings (SSSR count). The number of carbonyl (C=O) groups excluding carboxylic acids is 1. The summed E-state index contributed by atoms with van der Waals surface area (Å²) in [6, 6.07) is 12.7. The van der Waals surface area contributed by atoms with Crippen molar-refractivity contribution in [2.75, 3.05) is 46.5 Å². The molecule has 1 unspecified atom stereocenters. The first kappa shape index (κ1) is 19.2. The fourth-order valence-corrected chi connectivity index (χ4v) is 4.22. The highest BCUT2D eigenvalue weighted by Crippen LogP contribution is 2.24. The molecule has 0 saturated carbocycles. The number of rotatable bonds is 5. The van der Waals surface area contributed by atoms with Crippen molar-refractivity contribution in [3.8, 4) is 5.75 Å². The zero-order valence-corrected chi connectivity index (χ0v) is 16.7. The molecule has 2 aliphatic heterocycles. The number of benzene rings is 2. The van der Waals surface area contributed by atoms with Gasteiger partial charge in [0.2, 0.25) is 0 Å². The summed E-state index contributed by atoms with van der Waals surface area (Å²) in [5.41, 5.74) is 0.739. The van der Waals surface area contributed by atoms with E-state index < -0.39 is 0 Å². The average Bonchev–Trinajstić information content (AvgIpc) is 2.75. The Morgan fingerprint density at radius 2 is 1.86 bits per heavy atom. The fourth-order valence-electron chi connectivity index (χ4n) is 4.22. The van der Waals surface area contributed by atoms with E-state index in [2.05, 4.69) is 18.0 Å². The summed E-state index contributed by atoms with van der Waals surface area (Å²) in [4.78, 5) is 17.0. The Balaban J connectivity index is 1.38. The highest BCUT2D eigenvalue weighted by atomic mass is 16.5. The van der Waals surface area contributed by atoms with E-state index in [-0.39, 0.29) is 5.91 Å². The van der Waals surface area contributed by atoms with Crippen molar-refractivity contribution in [2.45, 2.75) is 31.7 Å². The second kappa shape index (κ2) is 8.93. The molecule has 5 heteroatoms. The number of hydrogen-bond donors (Lipinski definition) is 0. The molecule has 2 aromatic carbocycles. The van der Waals surface area contributed by atoms with E-state index in [1.165, 1.54) is 25.8 Å². The van der Waals surface area contributed by atoms with E-state index in [4.69, 9.17) is 9.47 Å². The van der Waals surface area contributed by atoms with Gasteiger partial charge in [0.25, 0.3) is 5.91 Å². The molecule has 2 aliphatic rings. The van der Waals surface area contributed by atoms with Crippen LogP contribution in [0, 0.1) is 0 Å². The van der Waals surface area contributed by atoms with Gasteiger partial charge in [-0.15, -0.1) is 0 Å². The summed E-state index contributed by atoms with van der Waals surface area (Å²) < 4.78 is 11.4. The Morgan fingerprint density at radius 1 is 1.07 bits per heavy atom. The van der Waals surface area contributed by atoms with Crippen LogP contribution in [0.5, 0.6) is 5.75 Å². The average molecular weight is 383 g/mol. The second-order valence-electron chi connectivity index (χ2n) is 7.90. The topological polar surface area (TPSA) is 42.0 Å². The molecule has 28 heavy (non-hydrogen) atoms. The van der Waals surface area contributed by atoms with Gasteiger partial charge in [-0.3, -0.25) is 4.79 Å². The van der Waals surface area contributed by atoms with Gasteiger partial charge in [-0.05, 0) is 67.9 Å². The molecule has 2 fully saturated rings. The van der Waals surface area contributed by atoms with Crippen LogP contribution in [0.4, 0.5) is 0 Å². The summed E-state index contributed by atoms with van der Waals surface area (Å²) in [7, 11) is 2.22. The first-order valence-corrected chi connectivity index (χ1v) is 10.4. The number of piperidine rings is 1. The van der Waals surface area contributed by atoms with Crippen molar-refractivity contribution in [3.63, 3.8) is 0 Å². The Bertz CT molecular complexity index is 817. The minimum Gasteiger partial charge on any atom is -0.494 e. The molecule has 2 heterocycles. The van der Waals surface area contributed by atoms with Gasteiger partial charge in [0.05, 0.1) is 19.8 Å². The summed E-state index contributed by atoms with van der Waals surface area (Å²) >= 11 is 0. The molecule has 0 radical (unpaired) electrons. The van der Waals surface area contributed by atoms with Crippen LogP contribution < -0.4 is 4.74 Å². The van der Waals surface area contributed by atoms with Crippen molar-refractivity contribution in [1.82, 2.24) is 9.80 Å². The van der Waals surface area contributed by atoms with Crippen LogP contribution in [-0.4, -0.2) is 68.3 Å². The van der Waals surface area contributed by atoms with E-state index in [0.29, 0.717) is 32.3 Å². The molecular weight excluding hydrogens is 352 g/mol. The molecule has 1 amide bonds. The largest absolute Gasteiger partial charge is 0.494 e. The summed E-state index contributed by atoms with van der Waals surface area (Å²) in [6.45, 7) is 4.52. The normalized spacial score (nSPS) is 21.0. The lowest BCUT2D eigenvalue weighted by Gasteiger charge is -2.32. The van der Waals surface area contributed by atoms with Gasteiger partial charge in [-0.2, -0.15) is 0 Å². The van der Waals surface area contributed by atoms with E-state index in [9.17, 15) is 4.79 Å². The van der Waals surface area contributed by atoms with Crippen molar-refractivity contribution in [3.05, 3.63) is 42.0 Å². The highest BCUT2D eigenvalue weighted by Gasteiger charge is 2.19. The lowest BCUT2D eigenvalue weighted by molar-refractivity contribution is 0.0303. The number of hydrogen-bond acceptors (Lipinski definition) is 4. The fraction of sp³-hybridized carbons (Fsp3) is 0.522. The molecule has 150 valence electrons. The van der Waals surface area contributed by atoms with E-state index in [1.54, 1.807) is 0 Å². The van der Waals surface area contributed by atoms with Crippen LogP contribution in [0.1, 0.15) is 36.0 Å². The lowest BCUT2D eigenvalue weighted by atomic mass is 10.0. The summed E-state index contributed by atoms with van der Waals surface area (Å²) in [5, 5.41) is 2.17. The molecule has 0 aliphatic carbocycles. The molecule has 0 aromatic heterocycles. The number of ether oxygens (including phenoxy) is 2. The molecular formula is C23H30N2O3. The third-order valence-corrected chi connectivity index (χ3v) is 6.00. The smallest absolute Gasteiger partial charge is 0.254 e. The summed E-state index contributed by atoms with van der Waals surface area (Å²) in [6.07, 6.45) is 4.99.